The summed E-state index contributed by atoms with van der Waals surface area (Å²) in [4.78, 5) is 30.6. The number of aromatic amines is 1. The number of H-pyrrole nitrogens is 1. The smallest absolute Gasteiger partial charge is 0.262 e. The molecule has 0 unspecified atom stereocenters. The second-order valence-electron chi connectivity index (χ2n) is 7.36. The molecule has 0 aliphatic heterocycles. The first-order valence-electron chi connectivity index (χ1n) is 10.4. The lowest BCUT2D eigenvalue weighted by Gasteiger charge is -2.18. The summed E-state index contributed by atoms with van der Waals surface area (Å²) in [5, 5.41) is 3.42. The number of nitrogens with zero attached hydrogens (tertiary/aromatic N) is 2. The fourth-order valence-electron chi connectivity index (χ4n) is 3.44. The van der Waals surface area contributed by atoms with Crippen molar-refractivity contribution in [3.63, 3.8) is 0 Å². The molecule has 6 nitrogen and oxygen atoms in total. The molecular weight excluding hydrogens is 408 g/mol. The third-order valence-corrected chi connectivity index (χ3v) is 5.65. The SMILES string of the molecule is C=CCn1c(=S)[nH]c2cc(C(=O)NCc3ccc(CN(CC)CC)cc3)ccc2c1=O. The van der Waals surface area contributed by atoms with Crippen LogP contribution in [0.15, 0.2) is 59.9 Å². The van der Waals surface area contributed by atoms with Crippen molar-refractivity contribution in [1.82, 2.24) is 19.8 Å². The van der Waals surface area contributed by atoms with Gasteiger partial charge in [-0.15, -0.1) is 6.58 Å². The molecular formula is C24H28N4O2S. The van der Waals surface area contributed by atoms with Gasteiger partial charge in [-0.1, -0.05) is 44.2 Å². The molecule has 0 spiro atoms. The Hall–Kier alpha value is -3.03. The normalized spacial score (nSPS) is 11.1. The number of rotatable bonds is 9. The van der Waals surface area contributed by atoms with Crippen LogP contribution in [0.5, 0.6) is 0 Å². The number of benzene rings is 2. The average molecular weight is 437 g/mol. The van der Waals surface area contributed by atoms with Gasteiger partial charge in [-0.25, -0.2) is 0 Å². The van der Waals surface area contributed by atoms with Crippen molar-refractivity contribution in [2.75, 3.05) is 13.1 Å². The second kappa shape index (κ2) is 10.3. The van der Waals surface area contributed by atoms with E-state index < -0.39 is 0 Å². The van der Waals surface area contributed by atoms with Crippen molar-refractivity contribution in [3.05, 3.63) is 86.9 Å². The van der Waals surface area contributed by atoms with Crippen molar-refractivity contribution >= 4 is 29.0 Å². The van der Waals surface area contributed by atoms with Gasteiger partial charge in [0.25, 0.3) is 11.5 Å². The summed E-state index contributed by atoms with van der Waals surface area (Å²) in [7, 11) is 0. The lowest BCUT2D eigenvalue weighted by atomic mass is 10.1. The Labute approximate surface area is 187 Å². The number of aromatic nitrogens is 2. The maximum Gasteiger partial charge on any atom is 0.262 e. The predicted molar refractivity (Wildman–Crippen MR) is 128 cm³/mol. The topological polar surface area (TPSA) is 70.1 Å². The molecule has 1 heterocycles. The fourth-order valence-corrected chi connectivity index (χ4v) is 3.71. The van der Waals surface area contributed by atoms with Gasteiger partial charge in [0, 0.05) is 25.2 Å². The van der Waals surface area contributed by atoms with Crippen molar-refractivity contribution < 1.29 is 4.79 Å². The van der Waals surface area contributed by atoms with E-state index >= 15 is 0 Å². The van der Waals surface area contributed by atoms with E-state index in [0.717, 1.165) is 25.2 Å². The molecule has 0 bridgehead atoms. The number of hydrogen-bond acceptors (Lipinski definition) is 4. The van der Waals surface area contributed by atoms with E-state index in [1.54, 1.807) is 24.3 Å². The molecule has 2 N–H and O–H groups in total. The van der Waals surface area contributed by atoms with Crippen LogP contribution in [0.4, 0.5) is 0 Å². The zero-order chi connectivity index (χ0) is 22.4. The Balaban J connectivity index is 1.70. The van der Waals surface area contributed by atoms with Gasteiger partial charge in [-0.2, -0.15) is 0 Å². The van der Waals surface area contributed by atoms with Gasteiger partial charge in [0.1, 0.15) is 0 Å². The van der Waals surface area contributed by atoms with Crippen LogP contribution in [0.3, 0.4) is 0 Å². The summed E-state index contributed by atoms with van der Waals surface area (Å²) < 4.78 is 1.74. The first-order valence-corrected chi connectivity index (χ1v) is 10.8. The highest BCUT2D eigenvalue weighted by Crippen LogP contribution is 2.12. The largest absolute Gasteiger partial charge is 0.348 e. The zero-order valence-corrected chi connectivity index (χ0v) is 18.8. The second-order valence-corrected chi connectivity index (χ2v) is 7.74. The van der Waals surface area contributed by atoms with Crippen LogP contribution < -0.4 is 10.9 Å². The minimum atomic E-state index is -0.205. The first-order chi connectivity index (χ1) is 15.0. The summed E-state index contributed by atoms with van der Waals surface area (Å²) in [5.74, 6) is -0.205. The Morgan fingerprint density at radius 3 is 2.48 bits per heavy atom. The highest BCUT2D eigenvalue weighted by atomic mass is 32.1. The Morgan fingerprint density at radius 1 is 1.16 bits per heavy atom. The summed E-state index contributed by atoms with van der Waals surface area (Å²) in [6.45, 7) is 11.7. The monoisotopic (exact) mass is 436 g/mol. The highest BCUT2D eigenvalue weighted by molar-refractivity contribution is 7.71. The first kappa shape index (κ1) is 22.7. The predicted octanol–water partition coefficient (Wildman–Crippen LogP) is 4.02. The van der Waals surface area contributed by atoms with Gasteiger partial charge in [0.05, 0.1) is 10.9 Å². The van der Waals surface area contributed by atoms with Gasteiger partial charge < -0.3 is 10.3 Å². The molecule has 0 atom stereocenters. The van der Waals surface area contributed by atoms with Gasteiger partial charge >= 0.3 is 0 Å². The molecule has 0 saturated carbocycles. The molecule has 3 aromatic rings. The lowest BCUT2D eigenvalue weighted by Crippen LogP contribution is -2.24. The lowest BCUT2D eigenvalue weighted by molar-refractivity contribution is 0.0951. The zero-order valence-electron chi connectivity index (χ0n) is 18.0. The summed E-state index contributed by atoms with van der Waals surface area (Å²) in [6, 6.07) is 13.3. The van der Waals surface area contributed by atoms with Gasteiger partial charge in [0.2, 0.25) is 0 Å². The fraction of sp³-hybridized carbons (Fsp3) is 0.292. The minimum absolute atomic E-state index is 0.199. The Morgan fingerprint density at radius 2 is 1.84 bits per heavy atom. The van der Waals surface area contributed by atoms with Crippen molar-refractivity contribution in [2.24, 2.45) is 0 Å². The minimum Gasteiger partial charge on any atom is -0.348 e. The molecule has 0 saturated heterocycles. The van der Waals surface area contributed by atoms with E-state index in [1.165, 1.54) is 10.1 Å². The number of nitrogens with one attached hydrogen (secondary N) is 2. The molecule has 0 fully saturated rings. The van der Waals surface area contributed by atoms with Crippen LogP contribution in [-0.4, -0.2) is 33.4 Å². The molecule has 0 aliphatic rings. The van der Waals surface area contributed by atoms with Gasteiger partial charge in [-0.3, -0.25) is 19.1 Å². The van der Waals surface area contributed by atoms with Crippen molar-refractivity contribution in [1.29, 1.82) is 0 Å². The average Bonchev–Trinajstić information content (AvgIpc) is 2.79. The van der Waals surface area contributed by atoms with Crippen LogP contribution in [-0.2, 0) is 19.6 Å². The standard InChI is InChI=1S/C24H28N4O2S/c1-4-13-28-23(30)20-12-11-19(14-21(20)26-24(28)31)22(29)25-15-17-7-9-18(10-8-17)16-27(5-2)6-3/h4,7-12,14H,1,5-6,13,15-16H2,2-3H3,(H,25,29)(H,26,31). The summed E-state index contributed by atoms with van der Waals surface area (Å²) in [5.41, 5.74) is 3.10. The van der Waals surface area contributed by atoms with E-state index in [2.05, 4.69) is 47.8 Å². The number of amides is 1. The maximum absolute atomic E-state index is 12.6. The number of carbonyl (C=O) groups excluding carboxylic acids is 1. The van der Waals surface area contributed by atoms with Crippen molar-refractivity contribution in [3.8, 4) is 0 Å². The summed E-state index contributed by atoms with van der Waals surface area (Å²) in [6.07, 6.45) is 1.62. The van der Waals surface area contributed by atoms with Gasteiger partial charge in [-0.05, 0) is 54.6 Å². The third kappa shape index (κ3) is 5.37. The van der Waals surface area contributed by atoms with Crippen LogP contribution in [0.1, 0.15) is 35.3 Å². The van der Waals surface area contributed by atoms with E-state index in [0.29, 0.717) is 34.3 Å². The van der Waals surface area contributed by atoms with E-state index in [-0.39, 0.29) is 11.5 Å². The molecule has 31 heavy (non-hydrogen) atoms. The van der Waals surface area contributed by atoms with E-state index in [4.69, 9.17) is 12.2 Å². The number of allylic oxidation sites excluding steroid dienone is 1. The van der Waals surface area contributed by atoms with E-state index in [9.17, 15) is 9.59 Å². The van der Waals surface area contributed by atoms with Crippen LogP contribution in [0.25, 0.3) is 10.9 Å². The van der Waals surface area contributed by atoms with Crippen LogP contribution in [0, 0.1) is 4.77 Å². The van der Waals surface area contributed by atoms with Gasteiger partial charge in [0.15, 0.2) is 4.77 Å². The quantitative estimate of drug-likeness (QED) is 0.393. The molecule has 2 aromatic carbocycles. The third-order valence-electron chi connectivity index (χ3n) is 5.33. The molecule has 1 aromatic heterocycles. The Bertz CT molecular complexity index is 1190. The van der Waals surface area contributed by atoms with Crippen LogP contribution in [0.2, 0.25) is 0 Å². The molecule has 0 aliphatic carbocycles. The molecule has 1 amide bonds. The number of hydrogen-bond donors (Lipinski definition) is 2. The summed E-state index contributed by atoms with van der Waals surface area (Å²) >= 11 is 5.26. The number of fused-ring (bicyclic) bond motifs is 1. The molecule has 7 heteroatoms. The Kier molecular flexibility index (Phi) is 7.55. The highest BCUT2D eigenvalue weighted by Gasteiger charge is 2.10. The van der Waals surface area contributed by atoms with Crippen LogP contribution >= 0.6 is 12.2 Å². The molecule has 3 rings (SSSR count). The van der Waals surface area contributed by atoms with Crippen molar-refractivity contribution in [2.45, 2.75) is 33.5 Å². The number of carbonyl (C=O) groups is 1. The maximum atomic E-state index is 12.6. The van der Waals surface area contributed by atoms with E-state index in [1.807, 2.05) is 12.1 Å². The molecule has 162 valence electrons. The molecule has 0 radical (unpaired) electrons.